The lowest BCUT2D eigenvalue weighted by Gasteiger charge is -2.09. The second-order valence-electron chi connectivity index (χ2n) is 3.50. The van der Waals surface area contributed by atoms with E-state index in [4.69, 9.17) is 4.74 Å². The number of amides is 1. The summed E-state index contributed by atoms with van der Waals surface area (Å²) < 4.78 is 40.7. The topological polar surface area (TPSA) is 64.1 Å². The highest BCUT2D eigenvalue weighted by atomic mass is 32.1. The van der Waals surface area contributed by atoms with Gasteiger partial charge in [-0.1, -0.05) is 0 Å². The summed E-state index contributed by atoms with van der Waals surface area (Å²) in [5.41, 5.74) is 0. The van der Waals surface area contributed by atoms with Crippen LogP contribution in [0.4, 0.5) is 13.2 Å². The molecule has 2 heterocycles. The van der Waals surface area contributed by atoms with Gasteiger partial charge in [0.05, 0.1) is 5.39 Å². The summed E-state index contributed by atoms with van der Waals surface area (Å²) in [5, 5.41) is 4.10. The Bertz CT molecular complexity index is 585. The average molecular weight is 291 g/mol. The smallest absolute Gasteiger partial charge is 0.405 e. The van der Waals surface area contributed by atoms with Gasteiger partial charge >= 0.3 is 6.18 Å². The van der Waals surface area contributed by atoms with Crippen LogP contribution in [0.3, 0.4) is 0 Å². The molecule has 1 N–H and O–H groups in total. The second kappa shape index (κ2) is 5.39. The second-order valence-corrected chi connectivity index (χ2v) is 4.39. The number of aromatic nitrogens is 2. The molecular formula is C10H8F3N3O2S. The molecule has 0 spiro atoms. The van der Waals surface area contributed by atoms with Crippen molar-refractivity contribution >= 4 is 27.5 Å². The number of nitrogens with one attached hydrogen (secondary N) is 1. The van der Waals surface area contributed by atoms with E-state index in [1.54, 1.807) is 16.8 Å². The lowest BCUT2D eigenvalue weighted by Crippen LogP contribution is -2.36. The average Bonchev–Trinajstić information content (AvgIpc) is 2.81. The molecule has 0 aromatic carbocycles. The van der Waals surface area contributed by atoms with Crippen molar-refractivity contribution in [3.63, 3.8) is 0 Å². The van der Waals surface area contributed by atoms with E-state index in [0.29, 0.717) is 10.2 Å². The highest BCUT2D eigenvalue weighted by Crippen LogP contribution is 2.25. The molecule has 102 valence electrons. The first-order valence-electron chi connectivity index (χ1n) is 5.10. The molecule has 2 rings (SSSR count). The first kappa shape index (κ1) is 13.5. The lowest BCUT2D eigenvalue weighted by molar-refractivity contribution is -0.139. The van der Waals surface area contributed by atoms with E-state index in [9.17, 15) is 18.0 Å². The van der Waals surface area contributed by atoms with E-state index in [1.807, 2.05) is 0 Å². The Balaban J connectivity index is 1.92. The number of carbonyl (C=O) groups excluding carboxylic acids is 1. The molecular weight excluding hydrogens is 283 g/mol. The van der Waals surface area contributed by atoms with Crippen molar-refractivity contribution in [2.75, 3.05) is 13.2 Å². The van der Waals surface area contributed by atoms with E-state index in [-0.39, 0.29) is 5.88 Å². The SMILES string of the molecule is O=C(COc1ncnc2sccc12)NCC(F)(F)F. The largest absolute Gasteiger partial charge is 0.467 e. The molecule has 2 aromatic heterocycles. The third-order valence-corrected chi connectivity index (χ3v) is 2.87. The van der Waals surface area contributed by atoms with Crippen LogP contribution in [-0.4, -0.2) is 35.2 Å². The van der Waals surface area contributed by atoms with Crippen molar-refractivity contribution in [3.8, 4) is 5.88 Å². The number of halogens is 3. The number of fused-ring (bicyclic) bond motifs is 1. The van der Waals surface area contributed by atoms with E-state index in [0.717, 1.165) is 0 Å². The van der Waals surface area contributed by atoms with Crippen LogP contribution >= 0.6 is 11.3 Å². The molecule has 0 radical (unpaired) electrons. The molecule has 0 saturated carbocycles. The van der Waals surface area contributed by atoms with Gasteiger partial charge in [-0.25, -0.2) is 9.97 Å². The summed E-state index contributed by atoms with van der Waals surface area (Å²) in [7, 11) is 0. The summed E-state index contributed by atoms with van der Waals surface area (Å²) in [6.45, 7) is -1.91. The third kappa shape index (κ3) is 3.78. The zero-order valence-electron chi connectivity index (χ0n) is 9.40. The first-order valence-corrected chi connectivity index (χ1v) is 5.98. The van der Waals surface area contributed by atoms with Crippen molar-refractivity contribution < 1.29 is 22.7 Å². The molecule has 9 heteroatoms. The van der Waals surface area contributed by atoms with Gasteiger partial charge in [-0.2, -0.15) is 13.2 Å². The van der Waals surface area contributed by atoms with Gasteiger partial charge in [0.25, 0.3) is 5.91 Å². The van der Waals surface area contributed by atoms with Gasteiger partial charge in [-0.15, -0.1) is 11.3 Å². The fraction of sp³-hybridized carbons (Fsp3) is 0.300. The quantitative estimate of drug-likeness (QED) is 0.932. The van der Waals surface area contributed by atoms with Crippen molar-refractivity contribution in [1.29, 1.82) is 0 Å². The number of thiophene rings is 1. The van der Waals surface area contributed by atoms with Crippen LogP contribution in [-0.2, 0) is 4.79 Å². The highest BCUT2D eigenvalue weighted by Gasteiger charge is 2.27. The normalized spacial score (nSPS) is 11.5. The maximum absolute atomic E-state index is 11.9. The molecule has 0 bridgehead atoms. The van der Waals surface area contributed by atoms with Gasteiger partial charge < -0.3 is 10.1 Å². The van der Waals surface area contributed by atoms with Crippen molar-refractivity contribution in [3.05, 3.63) is 17.8 Å². The fourth-order valence-electron chi connectivity index (χ4n) is 1.27. The van der Waals surface area contributed by atoms with Crippen LogP contribution in [0, 0.1) is 0 Å². The molecule has 0 fully saturated rings. The zero-order valence-corrected chi connectivity index (χ0v) is 10.2. The Morgan fingerprint density at radius 2 is 2.21 bits per heavy atom. The van der Waals surface area contributed by atoms with Crippen LogP contribution < -0.4 is 10.1 Å². The summed E-state index contributed by atoms with van der Waals surface area (Å²) in [5.74, 6) is -0.687. The number of rotatable bonds is 4. The minimum absolute atomic E-state index is 0.174. The van der Waals surface area contributed by atoms with Crippen LogP contribution in [0.1, 0.15) is 0 Å². The summed E-state index contributed by atoms with van der Waals surface area (Å²) in [6.07, 6.45) is -3.17. The molecule has 1 amide bonds. The monoisotopic (exact) mass is 291 g/mol. The first-order chi connectivity index (χ1) is 8.96. The molecule has 2 aromatic rings. The van der Waals surface area contributed by atoms with Crippen LogP contribution in [0.25, 0.3) is 10.2 Å². The standard InChI is InChI=1S/C10H8F3N3O2S/c11-10(12,13)4-14-7(17)3-18-8-6-1-2-19-9(6)16-5-15-8/h1-2,5H,3-4H2,(H,14,17). The molecule has 0 atom stereocenters. The number of carbonyl (C=O) groups is 1. The molecule has 19 heavy (non-hydrogen) atoms. The van der Waals surface area contributed by atoms with Gasteiger partial charge in [-0.3, -0.25) is 4.79 Å². The predicted octanol–water partition coefficient (Wildman–Crippen LogP) is 1.75. The van der Waals surface area contributed by atoms with Crippen molar-refractivity contribution in [1.82, 2.24) is 15.3 Å². The Labute approximate surface area is 109 Å². The maximum atomic E-state index is 11.9. The predicted molar refractivity (Wildman–Crippen MR) is 62.0 cm³/mol. The number of ether oxygens (including phenoxy) is 1. The van der Waals surface area contributed by atoms with Crippen molar-refractivity contribution in [2.24, 2.45) is 0 Å². The summed E-state index contributed by atoms with van der Waals surface area (Å²) >= 11 is 1.37. The van der Waals surface area contributed by atoms with Gasteiger partial charge in [-0.05, 0) is 11.4 Å². The Hall–Kier alpha value is -1.90. The Kier molecular flexibility index (Phi) is 3.84. The van der Waals surface area contributed by atoms with E-state index in [2.05, 4.69) is 9.97 Å². The Morgan fingerprint density at radius 3 is 2.95 bits per heavy atom. The number of alkyl halides is 3. The lowest BCUT2D eigenvalue weighted by atomic mass is 10.4. The maximum Gasteiger partial charge on any atom is 0.405 e. The Morgan fingerprint density at radius 1 is 1.42 bits per heavy atom. The van der Waals surface area contributed by atoms with Crippen LogP contribution in [0.15, 0.2) is 17.8 Å². The number of nitrogens with zero attached hydrogens (tertiary/aromatic N) is 2. The number of hydrogen-bond donors (Lipinski definition) is 1. The molecule has 5 nitrogen and oxygen atoms in total. The minimum Gasteiger partial charge on any atom is -0.467 e. The summed E-state index contributed by atoms with van der Waals surface area (Å²) in [4.78, 5) is 19.6. The molecule has 0 unspecified atom stereocenters. The molecule has 0 aliphatic rings. The molecule has 0 aliphatic carbocycles. The number of hydrogen-bond acceptors (Lipinski definition) is 5. The van der Waals surface area contributed by atoms with Crippen LogP contribution in [0.2, 0.25) is 0 Å². The van der Waals surface area contributed by atoms with E-state index >= 15 is 0 Å². The fourth-order valence-corrected chi connectivity index (χ4v) is 1.99. The zero-order chi connectivity index (χ0) is 13.9. The molecule has 0 aliphatic heterocycles. The van der Waals surface area contributed by atoms with Crippen molar-refractivity contribution in [2.45, 2.75) is 6.18 Å². The van der Waals surface area contributed by atoms with E-state index < -0.39 is 25.2 Å². The third-order valence-electron chi connectivity index (χ3n) is 2.05. The highest BCUT2D eigenvalue weighted by molar-refractivity contribution is 7.16. The van der Waals surface area contributed by atoms with Gasteiger partial charge in [0.2, 0.25) is 5.88 Å². The molecule has 0 saturated heterocycles. The van der Waals surface area contributed by atoms with Gasteiger partial charge in [0.1, 0.15) is 17.7 Å². The van der Waals surface area contributed by atoms with Gasteiger partial charge in [0, 0.05) is 0 Å². The minimum atomic E-state index is -4.44. The summed E-state index contributed by atoms with van der Waals surface area (Å²) in [6, 6.07) is 1.71. The van der Waals surface area contributed by atoms with Crippen LogP contribution in [0.5, 0.6) is 5.88 Å². The van der Waals surface area contributed by atoms with Gasteiger partial charge in [0.15, 0.2) is 6.61 Å². The van der Waals surface area contributed by atoms with E-state index in [1.165, 1.54) is 17.7 Å².